The maximum absolute atomic E-state index is 12.1. The number of carbonyl (C=O) groups is 2. The van der Waals surface area contributed by atoms with Gasteiger partial charge in [-0.1, -0.05) is 53.5 Å². The number of halogens is 2. The van der Waals surface area contributed by atoms with Gasteiger partial charge in [0.2, 0.25) is 5.91 Å². The summed E-state index contributed by atoms with van der Waals surface area (Å²) in [4.78, 5) is 24.0. The Morgan fingerprint density at radius 1 is 1.12 bits per heavy atom. The first-order chi connectivity index (χ1) is 11.5. The summed E-state index contributed by atoms with van der Waals surface area (Å²) < 4.78 is 4.78. The SMILES string of the molecule is COC(=O)[C@@H](NCC(=O)Nc1cc(Cl)ccc1Cl)c1ccccc1. The molecule has 0 spiro atoms. The molecule has 0 aliphatic carbocycles. The zero-order valence-electron chi connectivity index (χ0n) is 12.9. The summed E-state index contributed by atoms with van der Waals surface area (Å²) in [5, 5.41) is 6.36. The number of nitrogens with one attached hydrogen (secondary N) is 2. The molecular weight excluding hydrogens is 351 g/mol. The quantitative estimate of drug-likeness (QED) is 0.768. The molecule has 0 heterocycles. The third-order valence-electron chi connectivity index (χ3n) is 3.24. The van der Waals surface area contributed by atoms with Gasteiger partial charge < -0.3 is 10.1 Å². The van der Waals surface area contributed by atoms with Crippen LogP contribution in [0.1, 0.15) is 11.6 Å². The summed E-state index contributed by atoms with van der Waals surface area (Å²) in [7, 11) is 1.30. The molecule has 0 bridgehead atoms. The van der Waals surface area contributed by atoms with Crippen LogP contribution in [-0.4, -0.2) is 25.5 Å². The van der Waals surface area contributed by atoms with Crippen LogP contribution >= 0.6 is 23.2 Å². The molecule has 1 amide bonds. The fourth-order valence-corrected chi connectivity index (χ4v) is 2.42. The van der Waals surface area contributed by atoms with Gasteiger partial charge in [-0.3, -0.25) is 10.1 Å². The molecule has 2 aromatic rings. The minimum Gasteiger partial charge on any atom is -0.468 e. The smallest absolute Gasteiger partial charge is 0.327 e. The van der Waals surface area contributed by atoms with Gasteiger partial charge in [0.1, 0.15) is 6.04 Å². The molecular formula is C17H16Cl2N2O3. The lowest BCUT2D eigenvalue weighted by atomic mass is 10.1. The van der Waals surface area contributed by atoms with Crippen LogP contribution in [0.3, 0.4) is 0 Å². The molecule has 0 aliphatic rings. The van der Waals surface area contributed by atoms with Gasteiger partial charge in [-0.25, -0.2) is 4.79 Å². The third-order valence-corrected chi connectivity index (χ3v) is 3.80. The molecule has 2 rings (SSSR count). The Morgan fingerprint density at radius 2 is 1.83 bits per heavy atom. The summed E-state index contributed by atoms with van der Waals surface area (Å²) in [5.41, 5.74) is 1.11. The van der Waals surface area contributed by atoms with Crippen molar-refractivity contribution < 1.29 is 14.3 Å². The second-order valence-corrected chi connectivity index (χ2v) is 5.76. The first-order valence-corrected chi connectivity index (χ1v) is 7.88. The Bertz CT molecular complexity index is 723. The second kappa shape index (κ2) is 8.68. The number of amides is 1. The Hall–Kier alpha value is -2.08. The third kappa shape index (κ3) is 4.96. The predicted molar refractivity (Wildman–Crippen MR) is 94.3 cm³/mol. The number of esters is 1. The number of methoxy groups -OCH3 is 1. The van der Waals surface area contributed by atoms with Gasteiger partial charge in [0.05, 0.1) is 24.4 Å². The summed E-state index contributed by atoms with van der Waals surface area (Å²) >= 11 is 11.9. The summed E-state index contributed by atoms with van der Waals surface area (Å²) in [6.45, 7) is -0.0997. The van der Waals surface area contributed by atoms with Gasteiger partial charge in [0, 0.05) is 5.02 Å². The lowest BCUT2D eigenvalue weighted by Crippen LogP contribution is -2.35. The number of hydrogen-bond donors (Lipinski definition) is 2. The standard InChI is InChI=1S/C17H16Cl2N2O3/c1-24-17(23)16(11-5-3-2-4-6-11)20-10-15(22)21-14-9-12(18)7-8-13(14)19/h2-9,16,20H,10H2,1H3,(H,21,22)/t16-/m0/s1. The fourth-order valence-electron chi connectivity index (χ4n) is 2.08. The van der Waals surface area contributed by atoms with Crippen molar-refractivity contribution in [3.63, 3.8) is 0 Å². The van der Waals surface area contributed by atoms with E-state index in [2.05, 4.69) is 10.6 Å². The minimum atomic E-state index is -0.739. The van der Waals surface area contributed by atoms with E-state index < -0.39 is 12.0 Å². The van der Waals surface area contributed by atoms with Gasteiger partial charge >= 0.3 is 5.97 Å². The van der Waals surface area contributed by atoms with Gasteiger partial charge in [0.25, 0.3) is 0 Å². The van der Waals surface area contributed by atoms with E-state index in [0.29, 0.717) is 21.3 Å². The number of hydrogen-bond acceptors (Lipinski definition) is 4. The van der Waals surface area contributed by atoms with E-state index in [0.717, 1.165) is 0 Å². The summed E-state index contributed by atoms with van der Waals surface area (Å²) in [6, 6.07) is 13.0. The molecule has 0 saturated heterocycles. The Balaban J connectivity index is 2.02. The average molecular weight is 367 g/mol. The van der Waals surface area contributed by atoms with E-state index in [1.54, 1.807) is 42.5 Å². The molecule has 126 valence electrons. The van der Waals surface area contributed by atoms with E-state index in [1.165, 1.54) is 7.11 Å². The molecule has 0 radical (unpaired) electrons. The van der Waals surface area contributed by atoms with Crippen LogP contribution < -0.4 is 10.6 Å². The molecule has 0 aromatic heterocycles. The van der Waals surface area contributed by atoms with Gasteiger partial charge in [-0.2, -0.15) is 0 Å². The number of anilines is 1. The number of carbonyl (C=O) groups excluding carboxylic acids is 2. The van der Waals surface area contributed by atoms with Crippen molar-refractivity contribution in [3.05, 3.63) is 64.1 Å². The molecule has 0 aliphatic heterocycles. The first-order valence-electron chi connectivity index (χ1n) is 7.12. The van der Waals surface area contributed by atoms with Crippen molar-refractivity contribution in [2.75, 3.05) is 19.0 Å². The highest BCUT2D eigenvalue weighted by molar-refractivity contribution is 6.35. The lowest BCUT2D eigenvalue weighted by molar-refractivity contribution is -0.143. The predicted octanol–water partition coefficient (Wildman–Crippen LogP) is 3.44. The van der Waals surface area contributed by atoms with Crippen LogP contribution in [-0.2, 0) is 14.3 Å². The highest BCUT2D eigenvalue weighted by Gasteiger charge is 2.21. The lowest BCUT2D eigenvalue weighted by Gasteiger charge is -2.17. The van der Waals surface area contributed by atoms with Crippen LogP contribution in [0.4, 0.5) is 5.69 Å². The molecule has 0 unspecified atom stereocenters. The number of ether oxygens (including phenoxy) is 1. The molecule has 7 heteroatoms. The van der Waals surface area contributed by atoms with E-state index >= 15 is 0 Å². The maximum Gasteiger partial charge on any atom is 0.327 e. The second-order valence-electron chi connectivity index (χ2n) is 4.92. The van der Waals surface area contributed by atoms with Gasteiger partial charge in [-0.15, -0.1) is 0 Å². The van der Waals surface area contributed by atoms with Crippen molar-refractivity contribution in [1.29, 1.82) is 0 Å². The zero-order chi connectivity index (χ0) is 17.5. The minimum absolute atomic E-state index is 0.0997. The Morgan fingerprint density at radius 3 is 2.50 bits per heavy atom. The molecule has 0 fully saturated rings. The number of rotatable bonds is 6. The van der Waals surface area contributed by atoms with E-state index in [4.69, 9.17) is 27.9 Å². The summed E-state index contributed by atoms with van der Waals surface area (Å²) in [6.07, 6.45) is 0. The monoisotopic (exact) mass is 366 g/mol. The van der Waals surface area contributed by atoms with Crippen LogP contribution in [0.15, 0.2) is 48.5 Å². The van der Waals surface area contributed by atoms with Crippen molar-refractivity contribution >= 4 is 40.8 Å². The highest BCUT2D eigenvalue weighted by atomic mass is 35.5. The summed E-state index contributed by atoms with van der Waals surface area (Å²) in [5.74, 6) is -0.834. The largest absolute Gasteiger partial charge is 0.468 e. The average Bonchev–Trinajstić information content (AvgIpc) is 2.59. The van der Waals surface area contributed by atoms with Crippen molar-refractivity contribution in [3.8, 4) is 0 Å². The first kappa shape index (κ1) is 18.3. The molecule has 1 atom stereocenters. The molecule has 2 N–H and O–H groups in total. The zero-order valence-corrected chi connectivity index (χ0v) is 14.4. The van der Waals surface area contributed by atoms with Crippen LogP contribution in [0, 0.1) is 0 Å². The van der Waals surface area contributed by atoms with Gasteiger partial charge in [0.15, 0.2) is 0 Å². The molecule has 0 saturated carbocycles. The molecule has 2 aromatic carbocycles. The van der Waals surface area contributed by atoms with Crippen molar-refractivity contribution in [2.45, 2.75) is 6.04 Å². The van der Waals surface area contributed by atoms with Crippen LogP contribution in [0.2, 0.25) is 10.0 Å². The van der Waals surface area contributed by atoms with Crippen molar-refractivity contribution in [1.82, 2.24) is 5.32 Å². The fraction of sp³-hybridized carbons (Fsp3) is 0.176. The number of benzene rings is 2. The van der Waals surface area contributed by atoms with Crippen molar-refractivity contribution in [2.24, 2.45) is 0 Å². The van der Waals surface area contributed by atoms with Crippen LogP contribution in [0.5, 0.6) is 0 Å². The van der Waals surface area contributed by atoms with E-state index in [9.17, 15) is 9.59 Å². The topological polar surface area (TPSA) is 67.4 Å². The normalized spacial score (nSPS) is 11.6. The maximum atomic E-state index is 12.1. The molecule has 5 nitrogen and oxygen atoms in total. The van der Waals surface area contributed by atoms with Gasteiger partial charge in [-0.05, 0) is 23.8 Å². The highest BCUT2D eigenvalue weighted by Crippen LogP contribution is 2.25. The van der Waals surface area contributed by atoms with Crippen LogP contribution in [0.25, 0.3) is 0 Å². The van der Waals surface area contributed by atoms with E-state index in [-0.39, 0.29) is 12.5 Å². The van der Waals surface area contributed by atoms with E-state index in [1.807, 2.05) is 6.07 Å². The Kier molecular flexibility index (Phi) is 6.61. The Labute approximate surface area is 149 Å². The molecule has 24 heavy (non-hydrogen) atoms.